The number of hydrogen-bond donors (Lipinski definition) is 0. The van der Waals surface area contributed by atoms with Gasteiger partial charge in [0.2, 0.25) is 11.8 Å². The smallest absolute Gasteiger partial charge is 0.476 e. The average Bonchev–Trinajstić information content (AvgIpc) is 4.01. The zero-order valence-corrected chi connectivity index (χ0v) is 38.3. The summed E-state index contributed by atoms with van der Waals surface area (Å²) in [5, 5.41) is 30.1. The Labute approximate surface area is 378 Å². The highest BCUT2D eigenvalue weighted by molar-refractivity contribution is 7.48. The van der Waals surface area contributed by atoms with Crippen molar-refractivity contribution < 1.29 is 46.7 Å². The Bertz CT molecular complexity index is 2380. The van der Waals surface area contributed by atoms with E-state index in [0.29, 0.717) is 95.8 Å². The van der Waals surface area contributed by atoms with E-state index >= 15 is 4.57 Å². The molecule has 5 heterocycles. The van der Waals surface area contributed by atoms with Gasteiger partial charge in [-0.15, -0.1) is 0 Å². The van der Waals surface area contributed by atoms with Gasteiger partial charge in [-0.05, 0) is 122 Å². The first kappa shape index (κ1) is 44.5. The number of amides is 2. The number of ketones is 1. The van der Waals surface area contributed by atoms with E-state index in [1.807, 2.05) is 0 Å². The van der Waals surface area contributed by atoms with Crippen LogP contribution < -0.4 is 14.2 Å². The maximum absolute atomic E-state index is 16.8. The SMILES string of the molecule is CC1(C)Oc2ccc(C#N)cc2C(C2CCCC2=O)C1OP(=O)(OC1C(N2CCCC2=O)c2cc(C#N)ccc2OC1(C)C)OC1C(N2CCCC2=O)c2cc(C#N)ccc2OC1(C)C. The zero-order valence-electron chi connectivity index (χ0n) is 37.4. The molecule has 6 aliphatic rings. The van der Waals surface area contributed by atoms with Gasteiger partial charge in [0.1, 0.15) is 58.1 Å². The van der Waals surface area contributed by atoms with E-state index in [9.17, 15) is 30.2 Å². The van der Waals surface area contributed by atoms with Crippen LogP contribution >= 0.6 is 7.82 Å². The molecule has 1 aliphatic carbocycles. The lowest BCUT2D eigenvalue weighted by atomic mass is 9.73. The highest BCUT2D eigenvalue weighted by atomic mass is 31.2. The van der Waals surface area contributed by atoms with Gasteiger partial charge in [0.15, 0.2) is 0 Å². The fourth-order valence-corrected chi connectivity index (χ4v) is 13.0. The molecule has 9 rings (SSSR count). The van der Waals surface area contributed by atoms with Crippen LogP contribution in [0.25, 0.3) is 0 Å². The number of Topliss-reactive ketones (excluding diaryl/α,β-unsaturated/α-hetero) is 1. The van der Waals surface area contributed by atoms with Gasteiger partial charge in [-0.25, -0.2) is 4.57 Å². The van der Waals surface area contributed by atoms with E-state index in [0.717, 1.165) is 0 Å². The monoisotopic (exact) mass is 901 g/mol. The fourth-order valence-electron chi connectivity index (χ4n) is 10.9. The average molecular weight is 902 g/mol. The first-order valence-electron chi connectivity index (χ1n) is 22.3. The number of carbonyl (C=O) groups is 3. The number of nitriles is 3. The van der Waals surface area contributed by atoms with Gasteiger partial charge in [0.25, 0.3) is 0 Å². The van der Waals surface area contributed by atoms with Crippen molar-refractivity contribution in [1.29, 1.82) is 15.8 Å². The van der Waals surface area contributed by atoms with E-state index in [1.54, 1.807) is 106 Å². The largest absolute Gasteiger partial charge is 0.485 e. The molecule has 0 aromatic heterocycles. The molecule has 3 aromatic rings. The number of ether oxygens (including phenoxy) is 3. The molecule has 0 spiro atoms. The molecule has 0 bridgehead atoms. The minimum atomic E-state index is -5.17. The van der Waals surface area contributed by atoms with Gasteiger partial charge < -0.3 is 24.0 Å². The van der Waals surface area contributed by atoms with E-state index in [1.165, 1.54) is 0 Å². The second-order valence-corrected chi connectivity index (χ2v) is 21.0. The van der Waals surface area contributed by atoms with Crippen LogP contribution in [0.4, 0.5) is 0 Å². The van der Waals surface area contributed by atoms with Gasteiger partial charge in [-0.2, -0.15) is 15.8 Å². The molecule has 1 saturated carbocycles. The highest BCUT2D eigenvalue weighted by Crippen LogP contribution is 2.64. The molecule has 7 unspecified atom stereocenters. The molecule has 0 N–H and O–H groups in total. The standard InChI is InChI=1S/C49H52N5O10P/c1-47(2)44(41(31-10-7-11-35(31)55)32-22-28(25-50)14-17-36(32)59-47)62-65(58,63-45-42(53-20-8-12-39(53)56)33-23-29(26-51)15-18-37(33)60-48(45,3)4)64-46-43(54-21-9-13-40(54)57)34-24-30(27-52)16-19-38(34)61-49(46,5)6/h14-19,22-24,31,41-46H,7-13,20-21H2,1-6H3. The number of nitrogens with zero attached hydrogens (tertiary/aromatic N) is 5. The lowest BCUT2D eigenvalue weighted by Crippen LogP contribution is -2.57. The van der Waals surface area contributed by atoms with Crippen molar-refractivity contribution in [2.45, 2.75) is 140 Å². The molecule has 16 heteroatoms. The second kappa shape index (κ2) is 16.3. The Morgan fingerprint density at radius 3 is 1.37 bits per heavy atom. The summed E-state index contributed by atoms with van der Waals surface area (Å²) in [5.41, 5.74) is -1.51. The topological polar surface area (TPSA) is 202 Å². The Morgan fingerprint density at radius 1 is 0.585 bits per heavy atom. The third-order valence-corrected chi connectivity index (χ3v) is 15.3. The summed E-state index contributed by atoms with van der Waals surface area (Å²) in [6.07, 6.45) is -0.660. The summed E-state index contributed by atoms with van der Waals surface area (Å²) in [6, 6.07) is 19.6. The summed E-state index contributed by atoms with van der Waals surface area (Å²) in [5.74, 6) is -0.450. The predicted octanol–water partition coefficient (Wildman–Crippen LogP) is 8.26. The van der Waals surface area contributed by atoms with Gasteiger partial charge in [0.05, 0.1) is 47.0 Å². The van der Waals surface area contributed by atoms with Crippen molar-refractivity contribution in [3.8, 4) is 35.5 Å². The Hall–Kier alpha value is -5.75. The lowest BCUT2D eigenvalue weighted by molar-refractivity contribution is -0.151. The van der Waals surface area contributed by atoms with Crippen LogP contribution in [-0.2, 0) is 32.5 Å². The van der Waals surface area contributed by atoms with Crippen LogP contribution in [0.2, 0.25) is 0 Å². The van der Waals surface area contributed by atoms with Gasteiger partial charge in [0, 0.05) is 60.9 Å². The molecule has 65 heavy (non-hydrogen) atoms. The van der Waals surface area contributed by atoms with Gasteiger partial charge >= 0.3 is 7.82 Å². The second-order valence-electron chi connectivity index (χ2n) is 19.5. The van der Waals surface area contributed by atoms with Crippen molar-refractivity contribution >= 4 is 25.4 Å². The number of rotatable bonds is 9. The summed E-state index contributed by atoms with van der Waals surface area (Å²) in [6.45, 7) is 11.2. The number of phosphoric ester groups is 1. The van der Waals surface area contributed by atoms with Crippen molar-refractivity contribution in [1.82, 2.24) is 9.80 Å². The summed E-state index contributed by atoms with van der Waals surface area (Å²) < 4.78 is 57.9. The van der Waals surface area contributed by atoms with Crippen molar-refractivity contribution in [3.05, 3.63) is 88.0 Å². The summed E-state index contributed by atoms with van der Waals surface area (Å²) >= 11 is 0. The van der Waals surface area contributed by atoms with Crippen LogP contribution in [-0.4, -0.2) is 75.6 Å². The minimum Gasteiger partial charge on any atom is -0.485 e. The summed E-state index contributed by atoms with van der Waals surface area (Å²) in [4.78, 5) is 44.9. The molecule has 5 aliphatic heterocycles. The molecular formula is C49H52N5O10P. The van der Waals surface area contributed by atoms with Crippen LogP contribution in [0.15, 0.2) is 54.6 Å². The molecule has 15 nitrogen and oxygen atoms in total. The van der Waals surface area contributed by atoms with Gasteiger partial charge in [-0.1, -0.05) is 0 Å². The molecule has 338 valence electrons. The third-order valence-electron chi connectivity index (χ3n) is 13.9. The van der Waals surface area contributed by atoms with Crippen LogP contribution in [0.1, 0.15) is 138 Å². The molecule has 0 radical (unpaired) electrons. The first-order valence-corrected chi connectivity index (χ1v) is 23.8. The quantitative estimate of drug-likeness (QED) is 0.186. The molecular weight excluding hydrogens is 850 g/mol. The van der Waals surface area contributed by atoms with E-state index in [2.05, 4.69) is 18.2 Å². The Morgan fingerprint density at radius 2 is 0.985 bits per heavy atom. The molecule has 3 aromatic carbocycles. The Balaban J connectivity index is 1.24. The number of benzene rings is 3. The van der Waals surface area contributed by atoms with E-state index < -0.39 is 66.9 Å². The highest BCUT2D eigenvalue weighted by Gasteiger charge is 2.60. The normalized spacial score (nSPS) is 29.2. The molecule has 3 fully saturated rings. The van der Waals surface area contributed by atoms with Gasteiger partial charge in [-0.3, -0.25) is 28.0 Å². The maximum Gasteiger partial charge on any atom is 0.476 e. The van der Waals surface area contributed by atoms with Crippen molar-refractivity contribution in [3.63, 3.8) is 0 Å². The van der Waals surface area contributed by atoms with Crippen molar-refractivity contribution in [2.24, 2.45) is 5.92 Å². The number of likely N-dealkylation sites (tertiary alicyclic amines) is 2. The van der Waals surface area contributed by atoms with Crippen molar-refractivity contribution in [2.75, 3.05) is 13.1 Å². The maximum atomic E-state index is 16.8. The molecule has 2 saturated heterocycles. The molecule has 7 atom stereocenters. The van der Waals surface area contributed by atoms with Crippen LogP contribution in [0.3, 0.4) is 0 Å². The Kier molecular flexibility index (Phi) is 11.1. The van der Waals surface area contributed by atoms with Crippen LogP contribution in [0, 0.1) is 39.9 Å². The number of hydrogen-bond acceptors (Lipinski definition) is 13. The predicted molar refractivity (Wildman–Crippen MR) is 232 cm³/mol. The number of fused-ring (bicyclic) bond motifs is 3. The molecule has 2 amide bonds. The van der Waals surface area contributed by atoms with Crippen LogP contribution in [0.5, 0.6) is 17.2 Å². The minimum absolute atomic E-state index is 0.00932. The fraction of sp³-hybridized carbons (Fsp3) is 0.510. The zero-order chi connectivity index (χ0) is 46.2. The lowest BCUT2D eigenvalue weighted by Gasteiger charge is -2.51. The number of phosphoric acid groups is 1. The van der Waals surface area contributed by atoms with E-state index in [4.69, 9.17) is 27.8 Å². The third kappa shape index (κ3) is 7.85. The van der Waals surface area contributed by atoms with E-state index in [-0.39, 0.29) is 30.4 Å². The first-order chi connectivity index (χ1) is 30.9. The summed E-state index contributed by atoms with van der Waals surface area (Å²) in [7, 11) is -5.17. The number of carbonyl (C=O) groups excluding carboxylic acids is 3.